The van der Waals surface area contributed by atoms with Gasteiger partial charge in [-0.3, -0.25) is 4.79 Å². The van der Waals surface area contributed by atoms with Crippen LogP contribution in [0.1, 0.15) is 25.3 Å². The van der Waals surface area contributed by atoms with Gasteiger partial charge in [0.15, 0.2) is 0 Å². The van der Waals surface area contributed by atoms with Crippen molar-refractivity contribution in [2.75, 3.05) is 0 Å². The molecule has 0 aromatic heterocycles. The quantitative estimate of drug-likeness (QED) is 0.828. The molecule has 1 unspecified atom stereocenters. The zero-order valence-electron chi connectivity index (χ0n) is 9.37. The molecule has 1 aromatic carbocycles. The second kappa shape index (κ2) is 6.51. The van der Waals surface area contributed by atoms with E-state index in [9.17, 15) is 4.79 Å². The van der Waals surface area contributed by atoms with Gasteiger partial charge in [0.1, 0.15) is 0 Å². The minimum Gasteiger partial charge on any atom is -0.352 e. The van der Waals surface area contributed by atoms with Gasteiger partial charge >= 0.3 is 0 Å². The minimum atomic E-state index is 0.0113. The lowest BCUT2D eigenvalue weighted by atomic mass is 10.2. The third-order valence-corrected chi connectivity index (χ3v) is 2.63. The molecule has 1 amide bonds. The monoisotopic (exact) mass is 240 g/mol. The molecule has 0 radical (unpaired) electrons. The predicted octanol–water partition coefficient (Wildman–Crippen LogP) is 2.08. The summed E-state index contributed by atoms with van der Waals surface area (Å²) in [7, 11) is 0. The van der Waals surface area contributed by atoms with E-state index in [0.29, 0.717) is 24.4 Å². The highest BCUT2D eigenvalue weighted by Crippen LogP contribution is 2.14. The van der Waals surface area contributed by atoms with E-state index in [1.165, 1.54) is 0 Å². The Bertz CT molecular complexity index is 353. The van der Waals surface area contributed by atoms with E-state index in [-0.39, 0.29) is 11.9 Å². The summed E-state index contributed by atoms with van der Waals surface area (Å²) in [6.45, 7) is 2.36. The molecule has 1 atom stereocenters. The molecule has 0 aliphatic heterocycles. The molecule has 0 heterocycles. The van der Waals surface area contributed by atoms with Crippen LogP contribution >= 0.6 is 11.6 Å². The molecule has 0 saturated heterocycles. The number of carbonyl (C=O) groups is 1. The van der Waals surface area contributed by atoms with E-state index in [0.717, 1.165) is 5.56 Å². The zero-order valence-corrected chi connectivity index (χ0v) is 10.1. The van der Waals surface area contributed by atoms with Crippen LogP contribution in [-0.2, 0) is 11.3 Å². The lowest BCUT2D eigenvalue weighted by molar-refractivity contribution is -0.121. The number of nitrogens with one attached hydrogen (secondary N) is 1. The van der Waals surface area contributed by atoms with Gasteiger partial charge in [-0.2, -0.15) is 0 Å². The normalized spacial score (nSPS) is 12.2. The Balaban J connectivity index is 2.35. The number of nitrogens with two attached hydrogens (primary N) is 1. The van der Waals surface area contributed by atoms with Crippen LogP contribution in [0.3, 0.4) is 0 Å². The molecule has 0 saturated carbocycles. The second-order valence-corrected chi connectivity index (χ2v) is 4.29. The highest BCUT2D eigenvalue weighted by atomic mass is 35.5. The molecule has 16 heavy (non-hydrogen) atoms. The zero-order chi connectivity index (χ0) is 12.0. The standard InChI is InChI=1S/C12H17ClN2O/c1-9(14)6-7-12(16)15-8-10-4-2-3-5-11(10)13/h2-5,9H,6-8,14H2,1H3,(H,15,16). The van der Waals surface area contributed by atoms with Crippen molar-refractivity contribution >= 4 is 17.5 Å². The van der Waals surface area contributed by atoms with Crippen LogP contribution in [0.2, 0.25) is 5.02 Å². The van der Waals surface area contributed by atoms with Crippen LogP contribution in [0.25, 0.3) is 0 Å². The Morgan fingerprint density at radius 2 is 2.19 bits per heavy atom. The summed E-state index contributed by atoms with van der Waals surface area (Å²) >= 11 is 5.96. The van der Waals surface area contributed by atoms with E-state index in [1.807, 2.05) is 31.2 Å². The van der Waals surface area contributed by atoms with Gasteiger partial charge in [-0.1, -0.05) is 29.8 Å². The van der Waals surface area contributed by atoms with Crippen LogP contribution < -0.4 is 11.1 Å². The predicted molar refractivity (Wildman–Crippen MR) is 66.2 cm³/mol. The first-order valence-electron chi connectivity index (χ1n) is 5.35. The average Bonchev–Trinajstić information content (AvgIpc) is 2.25. The van der Waals surface area contributed by atoms with Crippen molar-refractivity contribution in [3.05, 3.63) is 34.9 Å². The topological polar surface area (TPSA) is 55.1 Å². The largest absolute Gasteiger partial charge is 0.352 e. The van der Waals surface area contributed by atoms with Crippen molar-refractivity contribution in [3.8, 4) is 0 Å². The van der Waals surface area contributed by atoms with E-state index in [2.05, 4.69) is 5.32 Å². The van der Waals surface area contributed by atoms with Gasteiger partial charge < -0.3 is 11.1 Å². The van der Waals surface area contributed by atoms with Gasteiger partial charge in [0, 0.05) is 24.0 Å². The fourth-order valence-electron chi connectivity index (χ4n) is 1.28. The summed E-state index contributed by atoms with van der Waals surface area (Å²) in [6.07, 6.45) is 1.16. The van der Waals surface area contributed by atoms with E-state index in [4.69, 9.17) is 17.3 Å². The molecule has 0 aliphatic rings. The molecule has 1 aromatic rings. The summed E-state index contributed by atoms with van der Waals surface area (Å²) in [5.41, 5.74) is 6.50. The number of rotatable bonds is 5. The summed E-state index contributed by atoms with van der Waals surface area (Å²) in [6, 6.07) is 7.53. The molecule has 0 bridgehead atoms. The highest BCUT2D eigenvalue weighted by Gasteiger charge is 2.04. The first-order chi connectivity index (χ1) is 7.59. The maximum Gasteiger partial charge on any atom is 0.220 e. The highest BCUT2D eigenvalue weighted by molar-refractivity contribution is 6.31. The van der Waals surface area contributed by atoms with Crippen molar-refractivity contribution in [3.63, 3.8) is 0 Å². The summed E-state index contributed by atoms with van der Waals surface area (Å²) in [4.78, 5) is 11.4. The van der Waals surface area contributed by atoms with Crippen LogP contribution in [0, 0.1) is 0 Å². The third kappa shape index (κ3) is 4.64. The van der Waals surface area contributed by atoms with Crippen LogP contribution in [-0.4, -0.2) is 11.9 Å². The first-order valence-corrected chi connectivity index (χ1v) is 5.73. The van der Waals surface area contributed by atoms with Crippen molar-refractivity contribution in [2.45, 2.75) is 32.4 Å². The number of carbonyl (C=O) groups excluding carboxylic acids is 1. The number of amides is 1. The smallest absolute Gasteiger partial charge is 0.220 e. The van der Waals surface area contributed by atoms with Gasteiger partial charge in [0.05, 0.1) is 0 Å². The number of hydrogen-bond acceptors (Lipinski definition) is 2. The maximum absolute atomic E-state index is 11.4. The van der Waals surface area contributed by atoms with E-state index in [1.54, 1.807) is 0 Å². The molecule has 4 heteroatoms. The summed E-state index contributed by atoms with van der Waals surface area (Å²) < 4.78 is 0. The van der Waals surface area contributed by atoms with Gasteiger partial charge in [-0.25, -0.2) is 0 Å². The molecule has 0 fully saturated rings. The lowest BCUT2D eigenvalue weighted by Crippen LogP contribution is -2.25. The Morgan fingerprint density at radius 3 is 2.81 bits per heavy atom. The van der Waals surface area contributed by atoms with Crippen molar-refractivity contribution in [2.24, 2.45) is 5.73 Å². The third-order valence-electron chi connectivity index (χ3n) is 2.26. The first kappa shape index (κ1) is 13.0. The average molecular weight is 241 g/mol. The fourth-order valence-corrected chi connectivity index (χ4v) is 1.49. The summed E-state index contributed by atoms with van der Waals surface area (Å²) in [5, 5.41) is 3.49. The summed E-state index contributed by atoms with van der Waals surface area (Å²) in [5.74, 6) is 0.0113. The van der Waals surface area contributed by atoms with Gasteiger partial charge in [0.2, 0.25) is 5.91 Å². The molecule has 0 spiro atoms. The molecular formula is C12H17ClN2O. The minimum absolute atomic E-state index is 0.0113. The fraction of sp³-hybridized carbons (Fsp3) is 0.417. The number of hydrogen-bond donors (Lipinski definition) is 2. The van der Waals surface area contributed by atoms with Crippen LogP contribution in [0.15, 0.2) is 24.3 Å². The van der Waals surface area contributed by atoms with E-state index < -0.39 is 0 Å². The molecular weight excluding hydrogens is 224 g/mol. The van der Waals surface area contributed by atoms with Crippen molar-refractivity contribution in [1.82, 2.24) is 5.32 Å². The van der Waals surface area contributed by atoms with Crippen molar-refractivity contribution in [1.29, 1.82) is 0 Å². The number of halogens is 1. The molecule has 3 nitrogen and oxygen atoms in total. The molecule has 1 rings (SSSR count). The molecule has 0 aliphatic carbocycles. The van der Waals surface area contributed by atoms with Gasteiger partial charge in [0.25, 0.3) is 0 Å². The SMILES string of the molecule is CC(N)CCC(=O)NCc1ccccc1Cl. The number of benzene rings is 1. The van der Waals surface area contributed by atoms with Gasteiger partial charge in [-0.05, 0) is 25.0 Å². The Kier molecular flexibility index (Phi) is 5.29. The lowest BCUT2D eigenvalue weighted by Gasteiger charge is -2.08. The van der Waals surface area contributed by atoms with Crippen LogP contribution in [0.4, 0.5) is 0 Å². The Morgan fingerprint density at radius 1 is 1.50 bits per heavy atom. The van der Waals surface area contributed by atoms with Gasteiger partial charge in [-0.15, -0.1) is 0 Å². The molecule has 3 N–H and O–H groups in total. The molecule has 88 valence electrons. The van der Waals surface area contributed by atoms with E-state index >= 15 is 0 Å². The Hall–Kier alpha value is -1.06. The Labute approximate surface area is 101 Å². The maximum atomic E-state index is 11.4. The van der Waals surface area contributed by atoms with Crippen molar-refractivity contribution < 1.29 is 4.79 Å². The second-order valence-electron chi connectivity index (χ2n) is 3.88. The van der Waals surface area contributed by atoms with Crippen LogP contribution in [0.5, 0.6) is 0 Å².